The van der Waals surface area contributed by atoms with E-state index in [-0.39, 0.29) is 12.6 Å². The van der Waals surface area contributed by atoms with Crippen LogP contribution in [0.3, 0.4) is 0 Å². The van der Waals surface area contributed by atoms with Gasteiger partial charge < -0.3 is 20.4 Å². The fraction of sp³-hybridized carbons (Fsp3) is 0.750. The molecule has 7 heteroatoms. The Morgan fingerprint density at radius 3 is 2.58 bits per heavy atom. The summed E-state index contributed by atoms with van der Waals surface area (Å²) in [6, 6.07) is 0.388. The average molecular weight is 269 g/mol. The summed E-state index contributed by atoms with van der Waals surface area (Å²) >= 11 is 0. The van der Waals surface area contributed by atoms with Crippen molar-refractivity contribution in [3.8, 4) is 0 Å². The van der Waals surface area contributed by atoms with Gasteiger partial charge in [0.1, 0.15) is 6.54 Å². The van der Waals surface area contributed by atoms with Crippen LogP contribution in [0.1, 0.15) is 33.6 Å². The van der Waals surface area contributed by atoms with Crippen molar-refractivity contribution in [1.82, 2.24) is 15.5 Å². The molecule has 0 aliphatic heterocycles. The molecule has 0 spiro atoms. The van der Waals surface area contributed by atoms with Gasteiger partial charge in [-0.25, -0.2) is 0 Å². The summed E-state index contributed by atoms with van der Waals surface area (Å²) in [6.07, 6.45) is 0. The summed E-state index contributed by atoms with van der Waals surface area (Å²) < 4.78 is 5.52. The molecule has 0 aliphatic carbocycles. The van der Waals surface area contributed by atoms with E-state index in [1.54, 1.807) is 4.90 Å². The van der Waals surface area contributed by atoms with E-state index in [1.165, 1.54) is 0 Å². The van der Waals surface area contributed by atoms with Crippen LogP contribution >= 0.6 is 0 Å². The Morgan fingerprint density at radius 1 is 1.37 bits per heavy atom. The zero-order valence-electron chi connectivity index (χ0n) is 12.0. The van der Waals surface area contributed by atoms with Crippen LogP contribution < -0.4 is 16.0 Å². The summed E-state index contributed by atoms with van der Waals surface area (Å²) in [5, 5.41) is 11.1. The highest BCUT2D eigenvalue weighted by Crippen LogP contribution is 2.14. The van der Waals surface area contributed by atoms with E-state index >= 15 is 0 Å². The van der Waals surface area contributed by atoms with Gasteiger partial charge in [0.15, 0.2) is 0 Å². The topological polar surface area (TPSA) is 97.3 Å². The number of aromatic nitrogens is 2. The fourth-order valence-electron chi connectivity index (χ4n) is 1.54. The highest BCUT2D eigenvalue weighted by molar-refractivity contribution is 5.78. The third-order valence-electron chi connectivity index (χ3n) is 2.48. The molecule has 108 valence electrons. The van der Waals surface area contributed by atoms with Gasteiger partial charge in [0.25, 0.3) is 0 Å². The normalized spacial score (nSPS) is 11.3. The molecule has 7 nitrogen and oxygen atoms in total. The third kappa shape index (κ3) is 5.25. The summed E-state index contributed by atoms with van der Waals surface area (Å²) in [5.74, 6) is 0.640. The quantitative estimate of drug-likeness (QED) is 0.714. The van der Waals surface area contributed by atoms with Crippen molar-refractivity contribution in [2.45, 2.75) is 40.3 Å². The first-order chi connectivity index (χ1) is 8.90. The molecule has 19 heavy (non-hydrogen) atoms. The van der Waals surface area contributed by atoms with E-state index in [0.29, 0.717) is 24.4 Å². The van der Waals surface area contributed by atoms with Crippen LogP contribution in [0.4, 0.5) is 6.01 Å². The lowest BCUT2D eigenvalue weighted by molar-refractivity contribution is -0.116. The van der Waals surface area contributed by atoms with Crippen LogP contribution in [-0.4, -0.2) is 35.2 Å². The molecule has 3 N–H and O–H groups in total. The molecule has 1 heterocycles. The van der Waals surface area contributed by atoms with Gasteiger partial charge in [0.2, 0.25) is 11.8 Å². The molecule has 1 rings (SSSR count). The Labute approximate surface area is 113 Å². The third-order valence-corrected chi connectivity index (χ3v) is 2.48. The number of rotatable bonds is 8. The Balaban J connectivity index is 2.62. The number of anilines is 1. The lowest BCUT2D eigenvalue weighted by Crippen LogP contribution is -2.38. The van der Waals surface area contributed by atoms with Crippen LogP contribution in [0, 0.1) is 5.92 Å². The van der Waals surface area contributed by atoms with Crippen molar-refractivity contribution in [3.05, 3.63) is 5.89 Å². The van der Waals surface area contributed by atoms with Gasteiger partial charge in [-0.2, -0.15) is 0 Å². The minimum atomic E-state index is -0.425. The predicted molar refractivity (Wildman–Crippen MR) is 72.5 cm³/mol. The molecule has 1 aromatic heterocycles. The SMILES string of the molecule is CC(C)CNCc1nnc(N(CC(N)=O)C(C)C)o1. The number of hydrogen-bond donors (Lipinski definition) is 2. The number of nitrogens with two attached hydrogens (primary N) is 1. The molecule has 0 unspecified atom stereocenters. The molecule has 0 atom stereocenters. The van der Waals surface area contributed by atoms with Crippen molar-refractivity contribution in [3.63, 3.8) is 0 Å². The molecule has 0 saturated heterocycles. The second-order valence-electron chi connectivity index (χ2n) is 5.19. The average Bonchev–Trinajstić information content (AvgIpc) is 2.73. The summed E-state index contributed by atoms with van der Waals surface area (Å²) in [6.45, 7) is 9.59. The first-order valence-electron chi connectivity index (χ1n) is 6.48. The zero-order valence-corrected chi connectivity index (χ0v) is 12.0. The van der Waals surface area contributed by atoms with Crippen molar-refractivity contribution >= 4 is 11.9 Å². The number of nitrogens with zero attached hydrogens (tertiary/aromatic N) is 3. The Bertz CT molecular complexity index is 403. The van der Waals surface area contributed by atoms with Gasteiger partial charge >= 0.3 is 6.01 Å². The first kappa shape index (κ1) is 15.4. The van der Waals surface area contributed by atoms with Crippen LogP contribution in [0.15, 0.2) is 4.42 Å². The van der Waals surface area contributed by atoms with E-state index in [2.05, 4.69) is 29.4 Å². The van der Waals surface area contributed by atoms with Gasteiger partial charge in [-0.1, -0.05) is 18.9 Å². The maximum atomic E-state index is 11.0. The molecule has 1 amide bonds. The van der Waals surface area contributed by atoms with Crippen LogP contribution in [0.2, 0.25) is 0 Å². The molecule has 0 saturated carbocycles. The molecule has 1 aromatic rings. The van der Waals surface area contributed by atoms with Gasteiger partial charge in [-0.15, -0.1) is 5.10 Å². The smallest absolute Gasteiger partial charge is 0.318 e. The molecule has 0 fully saturated rings. The molecular formula is C12H23N5O2. The van der Waals surface area contributed by atoms with Gasteiger partial charge in [-0.3, -0.25) is 4.79 Å². The molecule has 0 aromatic carbocycles. The van der Waals surface area contributed by atoms with E-state index in [4.69, 9.17) is 10.2 Å². The summed E-state index contributed by atoms with van der Waals surface area (Å²) in [7, 11) is 0. The van der Waals surface area contributed by atoms with Crippen LogP contribution in [-0.2, 0) is 11.3 Å². The van der Waals surface area contributed by atoms with Gasteiger partial charge in [0, 0.05) is 6.04 Å². The standard InChI is InChI=1S/C12H23N5O2/c1-8(2)5-14-6-11-15-16-12(19-11)17(9(3)4)7-10(13)18/h8-9,14H,5-7H2,1-4H3,(H2,13,18). The second kappa shape index (κ2) is 7.08. The minimum absolute atomic E-state index is 0.0597. The van der Waals surface area contributed by atoms with Crippen molar-refractivity contribution in [1.29, 1.82) is 0 Å². The number of carbonyl (C=O) groups is 1. The molecule has 0 aliphatic rings. The van der Waals surface area contributed by atoms with Crippen LogP contribution in [0.25, 0.3) is 0 Å². The summed E-state index contributed by atoms with van der Waals surface area (Å²) in [4.78, 5) is 12.7. The predicted octanol–water partition coefficient (Wildman–Crippen LogP) is 0.515. The Morgan fingerprint density at radius 2 is 2.05 bits per heavy atom. The highest BCUT2D eigenvalue weighted by atomic mass is 16.4. The van der Waals surface area contributed by atoms with E-state index in [9.17, 15) is 4.79 Å². The Kier molecular flexibility index (Phi) is 5.75. The highest BCUT2D eigenvalue weighted by Gasteiger charge is 2.19. The number of carbonyl (C=O) groups excluding carboxylic acids is 1. The Hall–Kier alpha value is -1.63. The van der Waals surface area contributed by atoms with Crippen LogP contribution in [0.5, 0.6) is 0 Å². The van der Waals surface area contributed by atoms with E-state index in [0.717, 1.165) is 6.54 Å². The van der Waals surface area contributed by atoms with Gasteiger partial charge in [-0.05, 0) is 26.3 Å². The number of hydrogen-bond acceptors (Lipinski definition) is 6. The van der Waals surface area contributed by atoms with Crippen molar-refractivity contribution < 1.29 is 9.21 Å². The number of amides is 1. The summed E-state index contributed by atoms with van der Waals surface area (Å²) in [5.41, 5.74) is 5.21. The minimum Gasteiger partial charge on any atom is -0.407 e. The van der Waals surface area contributed by atoms with E-state index < -0.39 is 5.91 Å². The maximum absolute atomic E-state index is 11.0. The number of primary amides is 1. The lowest BCUT2D eigenvalue weighted by Gasteiger charge is -2.22. The monoisotopic (exact) mass is 269 g/mol. The fourth-order valence-corrected chi connectivity index (χ4v) is 1.54. The van der Waals surface area contributed by atoms with Crippen molar-refractivity contribution in [2.24, 2.45) is 11.7 Å². The van der Waals surface area contributed by atoms with E-state index in [1.807, 2.05) is 13.8 Å². The molecule has 0 bridgehead atoms. The maximum Gasteiger partial charge on any atom is 0.318 e. The first-order valence-corrected chi connectivity index (χ1v) is 6.48. The molecular weight excluding hydrogens is 246 g/mol. The zero-order chi connectivity index (χ0) is 14.4. The van der Waals surface area contributed by atoms with Gasteiger partial charge in [0.05, 0.1) is 6.54 Å². The molecule has 0 radical (unpaired) electrons. The van der Waals surface area contributed by atoms with Crippen molar-refractivity contribution in [2.75, 3.05) is 18.0 Å². The largest absolute Gasteiger partial charge is 0.407 e. The number of nitrogens with one attached hydrogen (secondary N) is 1. The lowest BCUT2D eigenvalue weighted by atomic mass is 10.2. The second-order valence-corrected chi connectivity index (χ2v) is 5.19.